The first kappa shape index (κ1) is 8.37. The number of hydrogen-bond acceptors (Lipinski definition) is 0. The van der Waals surface area contributed by atoms with Crippen molar-refractivity contribution < 1.29 is 0 Å². The third-order valence-electron chi connectivity index (χ3n) is 2.32. The quantitative estimate of drug-likeness (QED) is 0.562. The first-order chi connectivity index (χ1) is 6.25. The van der Waals surface area contributed by atoms with Gasteiger partial charge in [-0.15, -0.1) is 5.47 Å². The molecule has 1 aromatic rings. The number of hydrogen-bond donors (Lipinski definition) is 0. The van der Waals surface area contributed by atoms with E-state index in [9.17, 15) is 0 Å². The van der Waals surface area contributed by atoms with Crippen LogP contribution in [0.2, 0.25) is 0 Å². The van der Waals surface area contributed by atoms with Crippen molar-refractivity contribution in [1.82, 2.24) is 0 Å². The van der Waals surface area contributed by atoms with Crippen LogP contribution in [0.5, 0.6) is 0 Å². The molecule has 1 heteroatoms. The van der Waals surface area contributed by atoms with Crippen LogP contribution in [0.25, 0.3) is 5.57 Å². The molecule has 0 amide bonds. The smallest absolute Gasteiger partial charge is 0.108 e. The molecule has 62 valence electrons. The van der Waals surface area contributed by atoms with Gasteiger partial charge in [0, 0.05) is 0 Å². The van der Waals surface area contributed by atoms with Gasteiger partial charge in [-0.1, -0.05) is 42.0 Å². The Morgan fingerprint density at radius 1 is 1.08 bits per heavy atom. The maximum absolute atomic E-state index is 5.70. The van der Waals surface area contributed by atoms with Gasteiger partial charge in [0.25, 0.3) is 0 Å². The highest BCUT2D eigenvalue weighted by atomic mass is 14.1. The van der Waals surface area contributed by atoms with E-state index in [2.05, 4.69) is 37.3 Å². The van der Waals surface area contributed by atoms with Crippen LogP contribution in [0, 0.1) is 6.92 Å². The molecule has 0 aliphatic heterocycles. The second-order valence-corrected chi connectivity index (χ2v) is 3.48. The van der Waals surface area contributed by atoms with Crippen molar-refractivity contribution in [3.63, 3.8) is 0 Å². The summed E-state index contributed by atoms with van der Waals surface area (Å²) in [5.74, 6) is 0. The molecule has 2 radical (unpaired) electrons. The molecule has 2 rings (SSSR count). The largest absolute Gasteiger partial charge is 0.113 e. The van der Waals surface area contributed by atoms with Crippen molar-refractivity contribution in [3.05, 3.63) is 53.0 Å². The van der Waals surface area contributed by atoms with E-state index in [0.717, 1.165) is 11.9 Å². The SMILES string of the molecule is [B]C1=CC=C(c2ccc(C)cc2)C1. The standard InChI is InChI=1S/C12H11B/c1-9-2-4-10(5-3-9)11-6-7-12(13)8-11/h2-7H,8H2,1H3. The average Bonchev–Trinajstić information content (AvgIpc) is 2.53. The molecule has 0 bridgehead atoms. The fraction of sp³-hybridized carbons (Fsp3) is 0.167. The lowest BCUT2D eigenvalue weighted by Crippen LogP contribution is -1.83. The number of rotatable bonds is 1. The molecule has 1 aliphatic carbocycles. The zero-order valence-corrected chi connectivity index (χ0v) is 7.75. The summed E-state index contributed by atoms with van der Waals surface area (Å²) in [5, 5.41) is 0. The van der Waals surface area contributed by atoms with Gasteiger partial charge in [0.15, 0.2) is 0 Å². The lowest BCUT2D eigenvalue weighted by atomic mass is 9.91. The van der Waals surface area contributed by atoms with Crippen molar-refractivity contribution >= 4 is 13.4 Å². The second kappa shape index (κ2) is 3.25. The molecular weight excluding hydrogens is 155 g/mol. The van der Waals surface area contributed by atoms with Gasteiger partial charge in [0.05, 0.1) is 0 Å². The van der Waals surface area contributed by atoms with E-state index in [1.807, 2.05) is 6.08 Å². The van der Waals surface area contributed by atoms with E-state index >= 15 is 0 Å². The molecule has 0 unspecified atom stereocenters. The summed E-state index contributed by atoms with van der Waals surface area (Å²) < 4.78 is 0. The fourth-order valence-electron chi connectivity index (χ4n) is 1.51. The molecule has 0 heterocycles. The average molecular weight is 166 g/mol. The third kappa shape index (κ3) is 1.75. The highest BCUT2D eigenvalue weighted by Gasteiger charge is 2.05. The summed E-state index contributed by atoms with van der Waals surface area (Å²) in [6.45, 7) is 2.10. The number of allylic oxidation sites excluding steroid dienone is 4. The van der Waals surface area contributed by atoms with Crippen LogP contribution >= 0.6 is 0 Å². The summed E-state index contributed by atoms with van der Waals surface area (Å²) in [7, 11) is 5.70. The highest BCUT2D eigenvalue weighted by molar-refractivity contribution is 6.23. The predicted octanol–water partition coefficient (Wildman–Crippen LogP) is 2.83. The Labute approximate surface area is 80.4 Å². The molecule has 0 atom stereocenters. The molecule has 0 aromatic heterocycles. The van der Waals surface area contributed by atoms with E-state index in [0.29, 0.717) is 0 Å². The molecule has 1 aliphatic rings. The van der Waals surface area contributed by atoms with Crippen LogP contribution in [0.4, 0.5) is 0 Å². The first-order valence-electron chi connectivity index (χ1n) is 4.48. The van der Waals surface area contributed by atoms with E-state index in [1.165, 1.54) is 16.7 Å². The first-order valence-corrected chi connectivity index (χ1v) is 4.48. The summed E-state index contributed by atoms with van der Waals surface area (Å²) in [5.41, 5.74) is 4.85. The van der Waals surface area contributed by atoms with E-state index < -0.39 is 0 Å². The van der Waals surface area contributed by atoms with Gasteiger partial charge in [-0.2, -0.15) is 0 Å². The topological polar surface area (TPSA) is 0 Å². The number of aryl methyl sites for hydroxylation is 1. The highest BCUT2D eigenvalue weighted by Crippen LogP contribution is 2.26. The van der Waals surface area contributed by atoms with Gasteiger partial charge < -0.3 is 0 Å². The summed E-state index contributed by atoms with van der Waals surface area (Å²) in [6.07, 6.45) is 4.97. The van der Waals surface area contributed by atoms with Gasteiger partial charge >= 0.3 is 0 Å². The van der Waals surface area contributed by atoms with Crippen LogP contribution in [0.1, 0.15) is 17.5 Å². The van der Waals surface area contributed by atoms with Gasteiger partial charge in [-0.3, -0.25) is 0 Å². The minimum Gasteiger partial charge on any atom is -0.113 e. The Balaban J connectivity index is 2.24. The van der Waals surface area contributed by atoms with Gasteiger partial charge in [-0.05, 0) is 24.5 Å². The Bertz CT molecular complexity index is 369. The van der Waals surface area contributed by atoms with Gasteiger partial charge in [0.2, 0.25) is 0 Å². The van der Waals surface area contributed by atoms with E-state index in [1.54, 1.807) is 0 Å². The Morgan fingerprint density at radius 2 is 1.77 bits per heavy atom. The van der Waals surface area contributed by atoms with Crippen molar-refractivity contribution in [1.29, 1.82) is 0 Å². The molecule has 0 spiro atoms. The number of benzene rings is 1. The molecule has 0 fully saturated rings. The summed E-state index contributed by atoms with van der Waals surface area (Å²) >= 11 is 0. The van der Waals surface area contributed by atoms with Crippen molar-refractivity contribution in [2.24, 2.45) is 0 Å². The zero-order chi connectivity index (χ0) is 9.26. The molecular formula is C12H11B. The fourth-order valence-corrected chi connectivity index (χ4v) is 1.51. The van der Waals surface area contributed by atoms with Gasteiger partial charge in [-0.25, -0.2) is 0 Å². The lowest BCUT2D eigenvalue weighted by Gasteiger charge is -2.03. The monoisotopic (exact) mass is 166 g/mol. The molecule has 0 nitrogen and oxygen atoms in total. The van der Waals surface area contributed by atoms with Gasteiger partial charge in [0.1, 0.15) is 7.85 Å². The van der Waals surface area contributed by atoms with Crippen molar-refractivity contribution in [2.45, 2.75) is 13.3 Å². The third-order valence-corrected chi connectivity index (χ3v) is 2.32. The molecule has 1 aromatic carbocycles. The second-order valence-electron chi connectivity index (χ2n) is 3.48. The Morgan fingerprint density at radius 3 is 2.31 bits per heavy atom. The minimum absolute atomic E-state index is 0.892. The van der Waals surface area contributed by atoms with E-state index in [-0.39, 0.29) is 0 Å². The zero-order valence-electron chi connectivity index (χ0n) is 7.75. The van der Waals surface area contributed by atoms with Crippen molar-refractivity contribution in [2.75, 3.05) is 0 Å². The van der Waals surface area contributed by atoms with Crippen LogP contribution in [0.3, 0.4) is 0 Å². The van der Waals surface area contributed by atoms with E-state index in [4.69, 9.17) is 7.85 Å². The van der Waals surface area contributed by atoms with Crippen LogP contribution in [-0.4, -0.2) is 7.85 Å². The van der Waals surface area contributed by atoms with Crippen LogP contribution in [-0.2, 0) is 0 Å². The molecule has 0 N–H and O–H groups in total. The molecule has 0 saturated heterocycles. The normalized spacial score (nSPS) is 15.5. The summed E-state index contributed by atoms with van der Waals surface area (Å²) in [6, 6.07) is 8.55. The Hall–Kier alpha value is -1.24. The summed E-state index contributed by atoms with van der Waals surface area (Å²) in [4.78, 5) is 0. The molecule has 0 saturated carbocycles. The Kier molecular flexibility index (Phi) is 2.09. The van der Waals surface area contributed by atoms with Crippen LogP contribution in [0.15, 0.2) is 41.9 Å². The van der Waals surface area contributed by atoms with Crippen LogP contribution < -0.4 is 0 Å². The predicted molar refractivity (Wildman–Crippen MR) is 57.6 cm³/mol. The maximum Gasteiger partial charge on any atom is 0.108 e. The van der Waals surface area contributed by atoms with Crippen molar-refractivity contribution in [3.8, 4) is 0 Å². The minimum atomic E-state index is 0.892. The molecule has 13 heavy (non-hydrogen) atoms. The lowest BCUT2D eigenvalue weighted by molar-refractivity contribution is 1.38. The maximum atomic E-state index is 5.70.